The Labute approximate surface area is 171 Å². The number of hydrogen-bond donors (Lipinski definition) is 1. The summed E-state index contributed by atoms with van der Waals surface area (Å²) in [7, 11) is -3.63. The lowest BCUT2D eigenvalue weighted by Gasteiger charge is -2.31. The van der Waals surface area contributed by atoms with Crippen LogP contribution < -0.4 is 5.32 Å². The van der Waals surface area contributed by atoms with Crippen LogP contribution in [0, 0.1) is 5.92 Å². The monoisotopic (exact) mass is 408 g/mol. The Hall–Kier alpha value is -2.70. The Morgan fingerprint density at radius 3 is 2.48 bits per heavy atom. The summed E-state index contributed by atoms with van der Waals surface area (Å²) in [6.07, 6.45) is 1.38. The molecule has 29 heavy (non-hydrogen) atoms. The zero-order valence-electron chi connectivity index (χ0n) is 16.1. The fraction of sp³-hybridized carbons (Fsp3) is 0.261. The van der Waals surface area contributed by atoms with Crippen LogP contribution in [-0.4, -0.2) is 31.7 Å². The van der Waals surface area contributed by atoms with Gasteiger partial charge in [0, 0.05) is 19.6 Å². The van der Waals surface area contributed by atoms with Crippen molar-refractivity contribution in [2.45, 2.75) is 24.3 Å². The summed E-state index contributed by atoms with van der Waals surface area (Å²) >= 11 is 0. The highest BCUT2D eigenvalue weighted by Gasteiger charge is 2.33. The predicted octanol–water partition coefficient (Wildman–Crippen LogP) is 3.56. The summed E-state index contributed by atoms with van der Waals surface area (Å²) < 4.78 is 27.8. The van der Waals surface area contributed by atoms with Gasteiger partial charge in [0.2, 0.25) is 15.9 Å². The lowest BCUT2D eigenvalue weighted by molar-refractivity contribution is -0.126. The SMILES string of the molecule is O=C(NCc1ccccc1)[C@@H]1CCCN(S(=O)(=O)c2ccc3ccccc3c2)C1. The van der Waals surface area contributed by atoms with Crippen molar-refractivity contribution in [1.82, 2.24) is 9.62 Å². The van der Waals surface area contributed by atoms with Gasteiger partial charge in [-0.25, -0.2) is 8.42 Å². The van der Waals surface area contributed by atoms with E-state index in [0.717, 1.165) is 16.3 Å². The number of amides is 1. The van der Waals surface area contributed by atoms with Crippen LogP contribution in [0.1, 0.15) is 18.4 Å². The average Bonchev–Trinajstić information content (AvgIpc) is 2.78. The van der Waals surface area contributed by atoms with Crippen LogP contribution in [0.5, 0.6) is 0 Å². The molecule has 0 spiro atoms. The van der Waals surface area contributed by atoms with Gasteiger partial charge in [0.1, 0.15) is 0 Å². The van der Waals surface area contributed by atoms with Gasteiger partial charge in [-0.15, -0.1) is 0 Å². The summed E-state index contributed by atoms with van der Waals surface area (Å²) in [5, 5.41) is 4.84. The minimum absolute atomic E-state index is 0.0905. The summed E-state index contributed by atoms with van der Waals surface area (Å²) in [5.74, 6) is -0.421. The molecule has 1 amide bonds. The van der Waals surface area contributed by atoms with E-state index in [2.05, 4.69) is 5.32 Å². The number of fused-ring (bicyclic) bond motifs is 1. The average molecular weight is 409 g/mol. The molecule has 0 unspecified atom stereocenters. The number of nitrogens with one attached hydrogen (secondary N) is 1. The summed E-state index contributed by atoms with van der Waals surface area (Å²) in [6, 6.07) is 22.6. The summed E-state index contributed by atoms with van der Waals surface area (Å²) in [6.45, 7) is 1.11. The van der Waals surface area contributed by atoms with Crippen LogP contribution in [0.4, 0.5) is 0 Å². The van der Waals surface area contributed by atoms with Crippen molar-refractivity contribution in [3.63, 3.8) is 0 Å². The van der Waals surface area contributed by atoms with Crippen LogP contribution in [0.15, 0.2) is 77.7 Å². The number of piperidine rings is 1. The van der Waals surface area contributed by atoms with E-state index in [1.807, 2.05) is 60.7 Å². The Bertz CT molecular complexity index is 1110. The number of carbonyl (C=O) groups is 1. The zero-order chi connectivity index (χ0) is 20.3. The highest BCUT2D eigenvalue weighted by Crippen LogP contribution is 2.26. The van der Waals surface area contributed by atoms with Crippen LogP contribution in [0.2, 0.25) is 0 Å². The maximum Gasteiger partial charge on any atom is 0.243 e. The quantitative estimate of drug-likeness (QED) is 0.702. The molecule has 0 radical (unpaired) electrons. The molecule has 1 fully saturated rings. The first-order valence-electron chi connectivity index (χ1n) is 9.84. The summed E-state index contributed by atoms with van der Waals surface area (Å²) in [4.78, 5) is 12.9. The highest BCUT2D eigenvalue weighted by atomic mass is 32.2. The highest BCUT2D eigenvalue weighted by molar-refractivity contribution is 7.89. The number of carbonyl (C=O) groups excluding carboxylic acids is 1. The topological polar surface area (TPSA) is 66.5 Å². The van der Waals surface area contributed by atoms with Crippen molar-refractivity contribution in [3.05, 3.63) is 78.4 Å². The van der Waals surface area contributed by atoms with Crippen molar-refractivity contribution in [3.8, 4) is 0 Å². The number of benzene rings is 3. The second-order valence-corrected chi connectivity index (χ2v) is 9.35. The van der Waals surface area contributed by atoms with Gasteiger partial charge in [0.25, 0.3) is 0 Å². The van der Waals surface area contributed by atoms with E-state index < -0.39 is 10.0 Å². The standard InChI is InChI=1S/C23H24N2O3S/c26-23(24-16-18-7-2-1-3-8-18)21-11-6-14-25(17-21)29(27,28)22-13-12-19-9-4-5-10-20(19)15-22/h1-5,7-10,12-13,15,21H,6,11,14,16-17H2,(H,24,26)/t21-/m1/s1. The van der Waals surface area contributed by atoms with Crippen LogP contribution >= 0.6 is 0 Å². The first kappa shape index (κ1) is 19.6. The number of rotatable bonds is 5. The molecule has 3 aromatic carbocycles. The molecular formula is C23H24N2O3S. The van der Waals surface area contributed by atoms with E-state index >= 15 is 0 Å². The van der Waals surface area contributed by atoms with Crippen LogP contribution in [0.25, 0.3) is 10.8 Å². The van der Waals surface area contributed by atoms with Gasteiger partial charge in [-0.3, -0.25) is 4.79 Å². The molecule has 1 saturated heterocycles. The maximum atomic E-state index is 13.2. The largest absolute Gasteiger partial charge is 0.352 e. The van der Waals surface area contributed by atoms with E-state index in [1.165, 1.54) is 4.31 Å². The van der Waals surface area contributed by atoms with Crippen molar-refractivity contribution in [2.24, 2.45) is 5.92 Å². The van der Waals surface area contributed by atoms with E-state index in [9.17, 15) is 13.2 Å². The zero-order valence-corrected chi connectivity index (χ0v) is 16.9. The van der Waals surface area contributed by atoms with Crippen molar-refractivity contribution in [1.29, 1.82) is 0 Å². The predicted molar refractivity (Wildman–Crippen MR) is 114 cm³/mol. The van der Waals surface area contributed by atoms with Gasteiger partial charge in [-0.05, 0) is 41.3 Å². The van der Waals surface area contributed by atoms with Gasteiger partial charge < -0.3 is 5.32 Å². The fourth-order valence-electron chi connectivity index (χ4n) is 3.78. The van der Waals surface area contributed by atoms with Crippen LogP contribution in [0.3, 0.4) is 0 Å². The Morgan fingerprint density at radius 2 is 1.69 bits per heavy atom. The molecule has 4 rings (SSSR count). The molecule has 6 heteroatoms. The van der Waals surface area contributed by atoms with Crippen LogP contribution in [-0.2, 0) is 21.4 Å². The lowest BCUT2D eigenvalue weighted by Crippen LogP contribution is -2.45. The molecule has 3 aromatic rings. The third-order valence-corrected chi connectivity index (χ3v) is 7.28. The Balaban J connectivity index is 1.47. The smallest absolute Gasteiger partial charge is 0.243 e. The van der Waals surface area contributed by atoms with Crippen molar-refractivity contribution >= 4 is 26.7 Å². The van der Waals surface area contributed by atoms with E-state index in [4.69, 9.17) is 0 Å². The number of nitrogens with zero attached hydrogens (tertiary/aromatic N) is 1. The molecule has 0 aromatic heterocycles. The van der Waals surface area contributed by atoms with Crippen molar-refractivity contribution < 1.29 is 13.2 Å². The first-order valence-corrected chi connectivity index (χ1v) is 11.3. The summed E-state index contributed by atoms with van der Waals surface area (Å²) in [5.41, 5.74) is 1.03. The van der Waals surface area contributed by atoms with Gasteiger partial charge >= 0.3 is 0 Å². The van der Waals surface area contributed by atoms with E-state index in [1.54, 1.807) is 12.1 Å². The minimum atomic E-state index is -3.63. The minimum Gasteiger partial charge on any atom is -0.352 e. The molecular weight excluding hydrogens is 384 g/mol. The second-order valence-electron chi connectivity index (χ2n) is 7.41. The third kappa shape index (κ3) is 4.33. The molecule has 1 aliphatic rings. The van der Waals surface area contributed by atoms with Gasteiger partial charge in [0.05, 0.1) is 10.8 Å². The molecule has 150 valence electrons. The molecule has 1 N–H and O–H groups in total. The van der Waals surface area contributed by atoms with E-state index in [0.29, 0.717) is 25.9 Å². The van der Waals surface area contributed by atoms with Gasteiger partial charge in [0.15, 0.2) is 0 Å². The Kier molecular flexibility index (Phi) is 5.65. The molecule has 5 nitrogen and oxygen atoms in total. The molecule has 1 heterocycles. The lowest BCUT2D eigenvalue weighted by atomic mass is 9.99. The maximum absolute atomic E-state index is 13.2. The molecule has 0 saturated carbocycles. The molecule has 1 aliphatic heterocycles. The fourth-order valence-corrected chi connectivity index (χ4v) is 5.34. The number of sulfonamides is 1. The Morgan fingerprint density at radius 1 is 0.966 bits per heavy atom. The number of hydrogen-bond acceptors (Lipinski definition) is 3. The normalized spacial score (nSPS) is 17.9. The third-order valence-electron chi connectivity index (χ3n) is 5.42. The van der Waals surface area contributed by atoms with Gasteiger partial charge in [-0.1, -0.05) is 60.7 Å². The second kappa shape index (κ2) is 8.35. The molecule has 0 bridgehead atoms. The van der Waals surface area contributed by atoms with Gasteiger partial charge in [-0.2, -0.15) is 4.31 Å². The van der Waals surface area contributed by atoms with Crippen molar-refractivity contribution in [2.75, 3.05) is 13.1 Å². The van der Waals surface area contributed by atoms with E-state index in [-0.39, 0.29) is 23.3 Å². The molecule has 1 atom stereocenters. The first-order chi connectivity index (χ1) is 14.0. The molecule has 0 aliphatic carbocycles.